The molecule has 0 heterocycles. The van der Waals surface area contributed by atoms with Crippen LogP contribution in [0.1, 0.15) is 34.1 Å². The van der Waals surface area contributed by atoms with Crippen molar-refractivity contribution < 1.29 is 8.42 Å². The minimum atomic E-state index is -3.14. The van der Waals surface area contributed by atoms with Crippen LogP contribution in [-0.4, -0.2) is 25.1 Å². The van der Waals surface area contributed by atoms with Gasteiger partial charge in [-0.1, -0.05) is 6.92 Å². The summed E-state index contributed by atoms with van der Waals surface area (Å²) in [5.41, 5.74) is 0.610. The smallest absolute Gasteiger partial charge is 0.178 e. The van der Waals surface area contributed by atoms with Gasteiger partial charge in [-0.15, -0.1) is 11.6 Å². The van der Waals surface area contributed by atoms with E-state index in [0.29, 0.717) is 11.3 Å². The summed E-state index contributed by atoms with van der Waals surface area (Å²) in [6.07, 6.45) is 0.624. The average Bonchev–Trinajstić information content (AvgIpc) is 2.28. The summed E-state index contributed by atoms with van der Waals surface area (Å²) in [5, 5.41) is 3.26. The Balaban J connectivity index is 2.89. The summed E-state index contributed by atoms with van der Waals surface area (Å²) < 4.78 is 23.8. The Labute approximate surface area is 121 Å². The number of nitrogens with one attached hydrogen (secondary N) is 1. The van der Waals surface area contributed by atoms with Crippen molar-refractivity contribution in [1.29, 1.82) is 0 Å². The predicted octanol–water partition coefficient (Wildman–Crippen LogP) is 3.69. The quantitative estimate of drug-likeness (QED) is 0.815. The van der Waals surface area contributed by atoms with E-state index in [1.165, 1.54) is 0 Å². The summed E-state index contributed by atoms with van der Waals surface area (Å²) in [5.74, 6) is 0.185. The molecule has 1 aromatic carbocycles. The van der Waals surface area contributed by atoms with E-state index in [1.54, 1.807) is 24.3 Å². The van der Waals surface area contributed by atoms with Gasteiger partial charge in [0.05, 0.1) is 16.0 Å². The van der Waals surface area contributed by atoms with Crippen molar-refractivity contribution >= 4 is 27.1 Å². The van der Waals surface area contributed by atoms with Crippen LogP contribution in [0.5, 0.6) is 0 Å². The second kappa shape index (κ2) is 6.14. The van der Waals surface area contributed by atoms with Gasteiger partial charge >= 0.3 is 0 Å². The Kier molecular flexibility index (Phi) is 5.27. The zero-order chi connectivity index (χ0) is 14.7. The highest BCUT2D eigenvalue weighted by Gasteiger charge is 2.23. The maximum absolute atomic E-state index is 11.9. The van der Waals surface area contributed by atoms with Crippen LogP contribution in [0.4, 0.5) is 5.69 Å². The highest BCUT2D eigenvalue weighted by Crippen LogP contribution is 2.23. The summed E-state index contributed by atoms with van der Waals surface area (Å²) in [6.45, 7) is 7.80. The fraction of sp³-hybridized carbons (Fsp3) is 0.571. The topological polar surface area (TPSA) is 46.2 Å². The van der Waals surface area contributed by atoms with E-state index in [4.69, 9.17) is 11.6 Å². The first kappa shape index (κ1) is 16.3. The third kappa shape index (κ3) is 4.39. The molecule has 1 N–H and O–H groups in total. The minimum Gasteiger partial charge on any atom is -0.379 e. The Morgan fingerprint density at radius 3 is 2.21 bits per heavy atom. The van der Waals surface area contributed by atoms with Gasteiger partial charge in [0, 0.05) is 11.2 Å². The number of hydrogen-bond donors (Lipinski definition) is 1. The Morgan fingerprint density at radius 1 is 1.26 bits per heavy atom. The van der Waals surface area contributed by atoms with Gasteiger partial charge in [0.2, 0.25) is 0 Å². The number of sulfone groups is 1. The molecular weight excluding hydrogens is 282 g/mol. The van der Waals surface area contributed by atoms with Crippen LogP contribution in [0, 0.1) is 0 Å². The van der Waals surface area contributed by atoms with Crippen molar-refractivity contribution in [1.82, 2.24) is 0 Å². The molecule has 1 atom stereocenters. The van der Waals surface area contributed by atoms with E-state index in [2.05, 4.69) is 5.32 Å². The molecule has 0 fully saturated rings. The van der Waals surface area contributed by atoms with E-state index < -0.39 is 9.84 Å². The molecule has 0 saturated heterocycles. The van der Waals surface area contributed by atoms with Crippen LogP contribution in [0.3, 0.4) is 0 Å². The van der Waals surface area contributed by atoms with Gasteiger partial charge in [-0.25, -0.2) is 8.42 Å². The normalized spacial score (nSPS) is 14.2. The summed E-state index contributed by atoms with van der Waals surface area (Å²) >= 11 is 6.11. The van der Waals surface area contributed by atoms with Crippen molar-refractivity contribution in [3.63, 3.8) is 0 Å². The third-order valence-corrected chi connectivity index (χ3v) is 5.63. The molecule has 1 aromatic rings. The summed E-state index contributed by atoms with van der Waals surface area (Å²) in [4.78, 5) is 0.372. The van der Waals surface area contributed by atoms with Crippen molar-refractivity contribution in [3.8, 4) is 0 Å². The molecule has 19 heavy (non-hydrogen) atoms. The van der Waals surface area contributed by atoms with Crippen LogP contribution in [-0.2, 0) is 9.84 Å². The van der Waals surface area contributed by atoms with E-state index >= 15 is 0 Å². The Morgan fingerprint density at radius 2 is 1.79 bits per heavy atom. The molecule has 5 heteroatoms. The number of halogens is 1. The molecule has 0 aliphatic rings. The SMILES string of the molecule is CCCS(=O)(=O)c1ccc(NC(C)(C)C(C)Cl)cc1. The molecule has 0 aromatic heterocycles. The monoisotopic (exact) mass is 303 g/mol. The van der Waals surface area contributed by atoms with Crippen LogP contribution >= 0.6 is 11.6 Å². The van der Waals surface area contributed by atoms with Crippen LogP contribution < -0.4 is 5.32 Å². The van der Waals surface area contributed by atoms with E-state index in [1.807, 2.05) is 27.7 Å². The summed E-state index contributed by atoms with van der Waals surface area (Å²) in [6, 6.07) is 6.84. The van der Waals surface area contributed by atoms with E-state index in [9.17, 15) is 8.42 Å². The van der Waals surface area contributed by atoms with E-state index in [-0.39, 0.29) is 16.7 Å². The zero-order valence-corrected chi connectivity index (χ0v) is 13.5. The largest absolute Gasteiger partial charge is 0.379 e. The lowest BCUT2D eigenvalue weighted by molar-refractivity contribution is 0.555. The molecular formula is C14H22ClNO2S. The molecule has 0 radical (unpaired) electrons. The molecule has 0 bridgehead atoms. The number of benzene rings is 1. The predicted molar refractivity (Wildman–Crippen MR) is 81.8 cm³/mol. The van der Waals surface area contributed by atoms with Gasteiger partial charge in [0.15, 0.2) is 9.84 Å². The molecule has 1 rings (SSSR count). The van der Waals surface area contributed by atoms with Crippen molar-refractivity contribution in [3.05, 3.63) is 24.3 Å². The third-order valence-electron chi connectivity index (χ3n) is 3.15. The van der Waals surface area contributed by atoms with Crippen molar-refractivity contribution in [2.24, 2.45) is 0 Å². The highest BCUT2D eigenvalue weighted by molar-refractivity contribution is 7.91. The Hall–Kier alpha value is -0.740. The maximum atomic E-state index is 11.9. The van der Waals surface area contributed by atoms with Gasteiger partial charge in [0.25, 0.3) is 0 Å². The summed E-state index contributed by atoms with van der Waals surface area (Å²) in [7, 11) is -3.14. The lowest BCUT2D eigenvalue weighted by atomic mass is 10.0. The van der Waals surface area contributed by atoms with Crippen molar-refractivity contribution in [2.75, 3.05) is 11.1 Å². The molecule has 0 amide bonds. The number of hydrogen-bond acceptors (Lipinski definition) is 3. The Bertz CT molecular complexity index is 507. The molecule has 108 valence electrons. The first-order valence-corrected chi connectivity index (χ1v) is 8.53. The van der Waals surface area contributed by atoms with E-state index in [0.717, 1.165) is 5.69 Å². The number of anilines is 1. The zero-order valence-electron chi connectivity index (χ0n) is 11.9. The first-order valence-electron chi connectivity index (χ1n) is 6.44. The van der Waals surface area contributed by atoms with Gasteiger partial charge < -0.3 is 5.32 Å². The molecule has 0 aliphatic heterocycles. The first-order chi connectivity index (χ1) is 8.69. The highest BCUT2D eigenvalue weighted by atomic mass is 35.5. The second-order valence-electron chi connectivity index (χ2n) is 5.31. The van der Waals surface area contributed by atoms with Crippen LogP contribution in [0.2, 0.25) is 0 Å². The van der Waals surface area contributed by atoms with Crippen molar-refractivity contribution in [2.45, 2.75) is 49.9 Å². The molecule has 3 nitrogen and oxygen atoms in total. The maximum Gasteiger partial charge on any atom is 0.178 e. The number of rotatable bonds is 6. The van der Waals surface area contributed by atoms with Crippen LogP contribution in [0.15, 0.2) is 29.2 Å². The number of alkyl halides is 1. The lowest BCUT2D eigenvalue weighted by Gasteiger charge is -2.30. The lowest BCUT2D eigenvalue weighted by Crippen LogP contribution is -2.38. The second-order valence-corrected chi connectivity index (χ2v) is 8.07. The fourth-order valence-electron chi connectivity index (χ4n) is 1.60. The molecule has 0 spiro atoms. The van der Waals surface area contributed by atoms with Gasteiger partial charge in [0.1, 0.15) is 0 Å². The van der Waals surface area contributed by atoms with Crippen LogP contribution in [0.25, 0.3) is 0 Å². The van der Waals surface area contributed by atoms with Gasteiger partial charge in [-0.3, -0.25) is 0 Å². The van der Waals surface area contributed by atoms with Gasteiger partial charge in [-0.2, -0.15) is 0 Å². The molecule has 0 aliphatic carbocycles. The fourth-order valence-corrected chi connectivity index (χ4v) is 2.98. The average molecular weight is 304 g/mol. The van der Waals surface area contributed by atoms with Gasteiger partial charge in [-0.05, 0) is 51.5 Å². The minimum absolute atomic E-state index is 0.0454. The molecule has 1 unspecified atom stereocenters. The molecule has 0 saturated carbocycles. The standard InChI is InChI=1S/C14H22ClNO2S/c1-5-10-19(17,18)13-8-6-12(7-9-13)16-14(3,4)11(2)15/h6-9,11,16H,5,10H2,1-4H3.